The predicted molar refractivity (Wildman–Crippen MR) is 87.9 cm³/mol. The van der Waals surface area contributed by atoms with Crippen molar-refractivity contribution in [1.82, 2.24) is 4.90 Å². The number of ether oxygens (including phenoxy) is 2. The summed E-state index contributed by atoms with van der Waals surface area (Å²) in [5.74, 6) is -0.526. The fourth-order valence-corrected chi connectivity index (χ4v) is 2.77. The largest absolute Gasteiger partial charge is 0.465 e. The van der Waals surface area contributed by atoms with Crippen LogP contribution in [0.15, 0.2) is 18.2 Å². The topological polar surface area (TPSA) is 67.9 Å². The zero-order chi connectivity index (χ0) is 17.0. The molecule has 0 saturated carbocycles. The lowest BCUT2D eigenvalue weighted by molar-refractivity contribution is -0.141. The minimum absolute atomic E-state index is 0.0124. The molecule has 1 aromatic carbocycles. The van der Waals surface area contributed by atoms with Crippen LogP contribution in [0.1, 0.15) is 24.2 Å². The minimum atomic E-state index is -0.513. The number of anilines is 1. The Morgan fingerprint density at radius 3 is 2.61 bits per heavy atom. The second-order valence-electron chi connectivity index (χ2n) is 5.60. The highest BCUT2D eigenvalue weighted by Gasteiger charge is 2.25. The maximum Gasteiger partial charge on any atom is 0.339 e. The Balaban J connectivity index is 1.98. The number of amides is 1. The van der Waals surface area contributed by atoms with Gasteiger partial charge in [-0.25, -0.2) is 4.79 Å². The van der Waals surface area contributed by atoms with Gasteiger partial charge in [0, 0.05) is 18.8 Å². The fourth-order valence-electron chi connectivity index (χ4n) is 2.57. The van der Waals surface area contributed by atoms with Crippen molar-refractivity contribution in [1.29, 1.82) is 0 Å². The van der Waals surface area contributed by atoms with Gasteiger partial charge in [-0.3, -0.25) is 4.79 Å². The SMILES string of the molecule is COC(=O)c1cc(NCC(=O)N2C[C@H](C)O[C@@H](C)C2)ccc1Cl. The summed E-state index contributed by atoms with van der Waals surface area (Å²) < 4.78 is 10.3. The monoisotopic (exact) mass is 340 g/mol. The van der Waals surface area contributed by atoms with Crippen LogP contribution in [0.2, 0.25) is 5.02 Å². The number of hydrogen-bond acceptors (Lipinski definition) is 5. The lowest BCUT2D eigenvalue weighted by atomic mass is 10.2. The van der Waals surface area contributed by atoms with Gasteiger partial charge in [0.15, 0.2) is 0 Å². The third-order valence-electron chi connectivity index (χ3n) is 3.59. The fraction of sp³-hybridized carbons (Fsp3) is 0.500. The van der Waals surface area contributed by atoms with E-state index in [-0.39, 0.29) is 30.2 Å². The Morgan fingerprint density at radius 1 is 1.35 bits per heavy atom. The molecule has 0 unspecified atom stereocenters. The molecule has 2 atom stereocenters. The molecule has 0 radical (unpaired) electrons. The van der Waals surface area contributed by atoms with E-state index in [4.69, 9.17) is 16.3 Å². The molecule has 1 aromatic rings. The van der Waals surface area contributed by atoms with E-state index < -0.39 is 5.97 Å². The molecule has 1 aliphatic heterocycles. The van der Waals surface area contributed by atoms with E-state index in [2.05, 4.69) is 10.1 Å². The number of carbonyl (C=O) groups excluding carboxylic acids is 2. The highest BCUT2D eigenvalue weighted by Crippen LogP contribution is 2.21. The molecule has 2 rings (SSSR count). The number of nitrogens with one attached hydrogen (secondary N) is 1. The van der Waals surface area contributed by atoms with Crippen LogP contribution in [-0.4, -0.2) is 55.7 Å². The number of nitrogens with zero attached hydrogens (tertiary/aromatic N) is 1. The smallest absolute Gasteiger partial charge is 0.339 e. The molecule has 0 aromatic heterocycles. The third kappa shape index (κ3) is 4.59. The van der Waals surface area contributed by atoms with Crippen molar-refractivity contribution in [2.24, 2.45) is 0 Å². The van der Waals surface area contributed by atoms with Crippen molar-refractivity contribution in [2.75, 3.05) is 32.1 Å². The van der Waals surface area contributed by atoms with Crippen molar-refractivity contribution in [3.05, 3.63) is 28.8 Å². The molecule has 1 saturated heterocycles. The van der Waals surface area contributed by atoms with Crippen LogP contribution in [0, 0.1) is 0 Å². The molecular formula is C16H21ClN2O4. The third-order valence-corrected chi connectivity index (χ3v) is 3.92. The van der Waals surface area contributed by atoms with E-state index >= 15 is 0 Å². The summed E-state index contributed by atoms with van der Waals surface area (Å²) in [7, 11) is 1.29. The molecule has 1 N–H and O–H groups in total. The van der Waals surface area contributed by atoms with Crippen molar-refractivity contribution in [3.63, 3.8) is 0 Å². The summed E-state index contributed by atoms with van der Waals surface area (Å²) in [6.45, 7) is 5.20. The number of benzene rings is 1. The van der Waals surface area contributed by atoms with Crippen LogP contribution in [0.4, 0.5) is 5.69 Å². The molecule has 1 aliphatic rings. The Kier molecular flexibility index (Phi) is 5.85. The molecule has 0 spiro atoms. The van der Waals surface area contributed by atoms with E-state index in [1.807, 2.05) is 13.8 Å². The van der Waals surface area contributed by atoms with E-state index in [0.717, 1.165) is 0 Å². The summed E-state index contributed by atoms with van der Waals surface area (Å²) in [4.78, 5) is 25.7. The van der Waals surface area contributed by atoms with Crippen molar-refractivity contribution in [2.45, 2.75) is 26.1 Å². The van der Waals surface area contributed by atoms with Crippen LogP contribution >= 0.6 is 11.6 Å². The Bertz CT molecular complexity index is 583. The van der Waals surface area contributed by atoms with E-state index in [9.17, 15) is 9.59 Å². The minimum Gasteiger partial charge on any atom is -0.465 e. The maximum absolute atomic E-state index is 12.3. The van der Waals surface area contributed by atoms with Gasteiger partial charge in [0.05, 0.1) is 36.4 Å². The van der Waals surface area contributed by atoms with Crippen LogP contribution in [0.25, 0.3) is 0 Å². The van der Waals surface area contributed by atoms with Gasteiger partial charge in [-0.1, -0.05) is 11.6 Å². The first-order valence-corrected chi connectivity index (χ1v) is 7.83. The number of rotatable bonds is 4. The standard InChI is InChI=1S/C16H21ClN2O4/c1-10-8-19(9-11(2)23-10)15(20)7-18-12-4-5-14(17)13(6-12)16(21)22-3/h4-6,10-11,18H,7-9H2,1-3H3/t10-,11-/m0/s1. The molecule has 7 heteroatoms. The van der Waals surface area contributed by atoms with Crippen LogP contribution in [0.5, 0.6) is 0 Å². The molecule has 1 amide bonds. The summed E-state index contributed by atoms with van der Waals surface area (Å²) >= 11 is 5.97. The van der Waals surface area contributed by atoms with Crippen LogP contribution < -0.4 is 5.32 Å². The van der Waals surface area contributed by atoms with Crippen LogP contribution in [-0.2, 0) is 14.3 Å². The molecule has 0 aliphatic carbocycles. The zero-order valence-electron chi connectivity index (χ0n) is 13.5. The van der Waals surface area contributed by atoms with Gasteiger partial charge in [0.1, 0.15) is 0 Å². The lowest BCUT2D eigenvalue weighted by Crippen LogP contribution is -2.49. The summed E-state index contributed by atoms with van der Waals surface area (Å²) in [6.07, 6.45) is 0.0633. The molecule has 1 fully saturated rings. The second-order valence-corrected chi connectivity index (χ2v) is 6.00. The van der Waals surface area contributed by atoms with Gasteiger partial charge in [0.2, 0.25) is 5.91 Å². The first kappa shape index (κ1) is 17.6. The Labute approximate surface area is 140 Å². The Hall–Kier alpha value is -1.79. The quantitative estimate of drug-likeness (QED) is 0.851. The number of hydrogen-bond donors (Lipinski definition) is 1. The average molecular weight is 341 g/mol. The zero-order valence-corrected chi connectivity index (χ0v) is 14.2. The normalized spacial score (nSPS) is 21.0. The summed E-state index contributed by atoms with van der Waals surface area (Å²) in [5.41, 5.74) is 0.901. The van der Waals surface area contributed by atoms with Crippen LogP contribution in [0.3, 0.4) is 0 Å². The first-order valence-electron chi connectivity index (χ1n) is 7.45. The van der Waals surface area contributed by atoms with E-state index in [0.29, 0.717) is 23.8 Å². The maximum atomic E-state index is 12.3. The van der Waals surface area contributed by atoms with Gasteiger partial charge in [-0.2, -0.15) is 0 Å². The predicted octanol–water partition coefficient (Wildman–Crippen LogP) is 2.17. The summed E-state index contributed by atoms with van der Waals surface area (Å²) in [5, 5.41) is 3.33. The van der Waals surface area contributed by atoms with E-state index in [1.54, 1.807) is 23.1 Å². The highest BCUT2D eigenvalue weighted by molar-refractivity contribution is 6.33. The molecule has 1 heterocycles. The Morgan fingerprint density at radius 2 is 2.00 bits per heavy atom. The highest BCUT2D eigenvalue weighted by atomic mass is 35.5. The number of halogens is 1. The van der Waals surface area contributed by atoms with Crippen molar-refractivity contribution < 1.29 is 19.1 Å². The number of morpholine rings is 1. The average Bonchev–Trinajstić information content (AvgIpc) is 2.52. The van der Waals surface area contributed by atoms with Gasteiger partial charge < -0.3 is 19.7 Å². The summed E-state index contributed by atoms with van der Waals surface area (Å²) in [6, 6.07) is 4.89. The second kappa shape index (κ2) is 7.66. The van der Waals surface area contributed by atoms with Gasteiger partial charge in [-0.15, -0.1) is 0 Å². The van der Waals surface area contributed by atoms with Gasteiger partial charge in [-0.05, 0) is 32.0 Å². The van der Waals surface area contributed by atoms with Gasteiger partial charge in [0.25, 0.3) is 0 Å². The molecular weight excluding hydrogens is 320 g/mol. The number of methoxy groups -OCH3 is 1. The van der Waals surface area contributed by atoms with Crippen molar-refractivity contribution in [3.8, 4) is 0 Å². The van der Waals surface area contributed by atoms with E-state index in [1.165, 1.54) is 7.11 Å². The first-order chi connectivity index (χ1) is 10.9. The van der Waals surface area contributed by atoms with Crippen molar-refractivity contribution >= 4 is 29.2 Å². The lowest BCUT2D eigenvalue weighted by Gasteiger charge is -2.35. The number of esters is 1. The molecule has 0 bridgehead atoms. The van der Waals surface area contributed by atoms with Gasteiger partial charge >= 0.3 is 5.97 Å². The number of carbonyl (C=O) groups is 2. The molecule has 23 heavy (non-hydrogen) atoms. The molecule has 6 nitrogen and oxygen atoms in total. The molecule has 126 valence electrons.